The minimum absolute atomic E-state index is 0.0391. The van der Waals surface area contributed by atoms with Crippen LogP contribution in [0.1, 0.15) is 24.5 Å². The molecule has 86 valence electrons. The van der Waals surface area contributed by atoms with Crippen LogP contribution in [0.15, 0.2) is 18.2 Å². The first-order valence-corrected chi connectivity index (χ1v) is 6.54. The van der Waals surface area contributed by atoms with Crippen LogP contribution in [0.5, 0.6) is 11.5 Å². The summed E-state index contributed by atoms with van der Waals surface area (Å²) in [6.07, 6.45) is 1.67. The van der Waals surface area contributed by atoms with Crippen molar-refractivity contribution in [1.29, 1.82) is 0 Å². The molecule has 1 spiro atoms. The van der Waals surface area contributed by atoms with Crippen LogP contribution >= 0.6 is 15.9 Å². The highest BCUT2D eigenvalue weighted by Crippen LogP contribution is 2.47. The Morgan fingerprint density at radius 3 is 2.88 bits per heavy atom. The lowest BCUT2D eigenvalue weighted by Crippen LogP contribution is -2.30. The minimum Gasteiger partial charge on any atom is -0.486 e. The Morgan fingerprint density at radius 1 is 1.38 bits per heavy atom. The first-order valence-electron chi connectivity index (χ1n) is 5.42. The number of aliphatic hydroxyl groups excluding tert-OH is 1. The molecular formula is C12H13BrO3. The number of aliphatic hydroxyl groups is 1. The fourth-order valence-electron chi connectivity index (χ4n) is 1.88. The Kier molecular flexibility index (Phi) is 2.37. The van der Waals surface area contributed by atoms with E-state index in [2.05, 4.69) is 15.9 Å². The van der Waals surface area contributed by atoms with Crippen molar-refractivity contribution in [2.24, 2.45) is 0 Å². The molecule has 1 saturated carbocycles. The van der Waals surface area contributed by atoms with Crippen LogP contribution in [0.25, 0.3) is 0 Å². The summed E-state index contributed by atoms with van der Waals surface area (Å²) in [5.74, 6) is 1.55. The van der Waals surface area contributed by atoms with E-state index in [4.69, 9.17) is 9.47 Å². The summed E-state index contributed by atoms with van der Waals surface area (Å²) in [6, 6.07) is 5.63. The van der Waals surface area contributed by atoms with Crippen LogP contribution in [0, 0.1) is 0 Å². The number of rotatable bonds is 2. The van der Waals surface area contributed by atoms with Crippen LogP contribution in [-0.4, -0.2) is 22.6 Å². The van der Waals surface area contributed by atoms with E-state index in [1.165, 1.54) is 0 Å². The molecule has 0 bridgehead atoms. The number of fused-ring (bicyclic) bond motifs is 1. The number of benzene rings is 1. The monoisotopic (exact) mass is 284 g/mol. The quantitative estimate of drug-likeness (QED) is 0.848. The molecule has 3 rings (SSSR count). The average molecular weight is 285 g/mol. The normalized spacial score (nSPS) is 21.9. The third kappa shape index (κ3) is 1.70. The van der Waals surface area contributed by atoms with Gasteiger partial charge in [-0.05, 0) is 30.5 Å². The Balaban J connectivity index is 1.89. The van der Waals surface area contributed by atoms with Gasteiger partial charge in [0.05, 0.1) is 6.10 Å². The van der Waals surface area contributed by atoms with E-state index in [0.717, 1.165) is 29.9 Å². The molecule has 1 unspecified atom stereocenters. The molecule has 1 heterocycles. The number of hydrogen-bond acceptors (Lipinski definition) is 3. The van der Waals surface area contributed by atoms with Crippen molar-refractivity contribution in [2.75, 3.05) is 11.9 Å². The number of halogens is 1. The van der Waals surface area contributed by atoms with Crippen molar-refractivity contribution >= 4 is 15.9 Å². The molecule has 1 aromatic rings. The van der Waals surface area contributed by atoms with Crippen LogP contribution in [0.3, 0.4) is 0 Å². The SMILES string of the molecule is OC(CBr)c1ccc2c(c1)OCC1(CC1)O2. The standard InChI is InChI=1S/C12H13BrO3/c13-6-9(14)8-1-2-10-11(5-8)15-7-12(16-10)3-4-12/h1-2,5,9,14H,3-4,6-7H2. The molecule has 1 aliphatic carbocycles. The van der Waals surface area contributed by atoms with Gasteiger partial charge < -0.3 is 14.6 Å². The molecule has 0 saturated heterocycles. The summed E-state index contributed by atoms with van der Waals surface area (Å²) in [7, 11) is 0. The first-order chi connectivity index (χ1) is 7.72. The van der Waals surface area contributed by atoms with E-state index in [-0.39, 0.29) is 5.60 Å². The minimum atomic E-state index is -0.495. The summed E-state index contributed by atoms with van der Waals surface area (Å²) in [5.41, 5.74) is 0.814. The molecule has 0 radical (unpaired) electrons. The van der Waals surface area contributed by atoms with E-state index in [1.807, 2.05) is 18.2 Å². The Morgan fingerprint density at radius 2 is 2.19 bits per heavy atom. The third-order valence-electron chi connectivity index (χ3n) is 3.12. The van der Waals surface area contributed by atoms with Crippen molar-refractivity contribution in [2.45, 2.75) is 24.5 Å². The molecule has 2 aliphatic rings. The molecular weight excluding hydrogens is 272 g/mol. The Labute approximate surface area is 102 Å². The molecule has 0 aromatic heterocycles. The molecule has 1 aliphatic heterocycles. The van der Waals surface area contributed by atoms with Gasteiger partial charge in [-0.15, -0.1) is 0 Å². The van der Waals surface area contributed by atoms with Crippen molar-refractivity contribution in [1.82, 2.24) is 0 Å². The molecule has 1 aromatic carbocycles. The Hall–Kier alpha value is -0.740. The van der Waals surface area contributed by atoms with Gasteiger partial charge in [-0.1, -0.05) is 22.0 Å². The maximum atomic E-state index is 9.70. The number of hydrogen-bond donors (Lipinski definition) is 1. The average Bonchev–Trinajstić information content (AvgIpc) is 3.07. The highest BCUT2D eigenvalue weighted by atomic mass is 79.9. The lowest BCUT2D eigenvalue weighted by Gasteiger charge is -2.27. The summed E-state index contributed by atoms with van der Waals surface area (Å²) in [5, 5.41) is 10.2. The largest absolute Gasteiger partial charge is 0.486 e. The van der Waals surface area contributed by atoms with Crippen LogP contribution in [-0.2, 0) is 0 Å². The number of ether oxygens (including phenoxy) is 2. The molecule has 0 amide bonds. The van der Waals surface area contributed by atoms with Crippen LogP contribution < -0.4 is 9.47 Å². The first kappa shape index (κ1) is 10.4. The van der Waals surface area contributed by atoms with Gasteiger partial charge in [0.1, 0.15) is 12.2 Å². The van der Waals surface area contributed by atoms with Gasteiger partial charge in [0.2, 0.25) is 0 Å². The van der Waals surface area contributed by atoms with Gasteiger partial charge in [-0.2, -0.15) is 0 Å². The third-order valence-corrected chi connectivity index (χ3v) is 3.74. The highest BCUT2D eigenvalue weighted by Gasteiger charge is 2.49. The fourth-order valence-corrected chi connectivity index (χ4v) is 2.25. The van der Waals surface area contributed by atoms with E-state index in [9.17, 15) is 5.11 Å². The van der Waals surface area contributed by atoms with E-state index >= 15 is 0 Å². The lowest BCUT2D eigenvalue weighted by molar-refractivity contribution is 0.0713. The fraction of sp³-hybridized carbons (Fsp3) is 0.500. The zero-order chi connectivity index (χ0) is 11.2. The van der Waals surface area contributed by atoms with Gasteiger partial charge in [0.25, 0.3) is 0 Å². The van der Waals surface area contributed by atoms with Gasteiger partial charge in [0.15, 0.2) is 11.5 Å². The maximum Gasteiger partial charge on any atom is 0.162 e. The molecule has 1 N–H and O–H groups in total. The zero-order valence-electron chi connectivity index (χ0n) is 8.78. The van der Waals surface area contributed by atoms with Crippen molar-refractivity contribution in [3.63, 3.8) is 0 Å². The Bertz CT molecular complexity index is 415. The van der Waals surface area contributed by atoms with E-state index in [0.29, 0.717) is 11.9 Å². The van der Waals surface area contributed by atoms with Crippen molar-refractivity contribution < 1.29 is 14.6 Å². The summed E-state index contributed by atoms with van der Waals surface area (Å²) in [4.78, 5) is 0. The second kappa shape index (κ2) is 3.64. The molecule has 16 heavy (non-hydrogen) atoms. The molecule has 1 atom stereocenters. The zero-order valence-corrected chi connectivity index (χ0v) is 10.4. The smallest absolute Gasteiger partial charge is 0.162 e. The van der Waals surface area contributed by atoms with Gasteiger partial charge in [-0.3, -0.25) is 0 Å². The second-order valence-electron chi connectivity index (χ2n) is 4.45. The van der Waals surface area contributed by atoms with E-state index in [1.54, 1.807) is 0 Å². The van der Waals surface area contributed by atoms with Crippen molar-refractivity contribution in [3.8, 4) is 11.5 Å². The summed E-state index contributed by atoms with van der Waals surface area (Å²) < 4.78 is 11.6. The lowest BCUT2D eigenvalue weighted by atomic mass is 10.1. The summed E-state index contributed by atoms with van der Waals surface area (Å²) >= 11 is 3.25. The topological polar surface area (TPSA) is 38.7 Å². The van der Waals surface area contributed by atoms with Crippen LogP contribution in [0.2, 0.25) is 0 Å². The van der Waals surface area contributed by atoms with Crippen LogP contribution in [0.4, 0.5) is 0 Å². The highest BCUT2D eigenvalue weighted by molar-refractivity contribution is 9.09. The van der Waals surface area contributed by atoms with Crippen molar-refractivity contribution in [3.05, 3.63) is 23.8 Å². The van der Waals surface area contributed by atoms with Gasteiger partial charge in [-0.25, -0.2) is 0 Å². The molecule has 4 heteroatoms. The van der Waals surface area contributed by atoms with Gasteiger partial charge in [0, 0.05) is 5.33 Å². The second-order valence-corrected chi connectivity index (χ2v) is 5.10. The predicted molar refractivity (Wildman–Crippen MR) is 63.3 cm³/mol. The molecule has 1 fully saturated rings. The molecule has 3 nitrogen and oxygen atoms in total. The number of alkyl halides is 1. The maximum absolute atomic E-state index is 9.70. The van der Waals surface area contributed by atoms with Gasteiger partial charge >= 0.3 is 0 Å². The predicted octanol–water partition coefficient (Wildman–Crippen LogP) is 2.42. The summed E-state index contributed by atoms with van der Waals surface area (Å²) in [6.45, 7) is 0.633. The van der Waals surface area contributed by atoms with E-state index < -0.39 is 6.10 Å².